The van der Waals surface area contributed by atoms with E-state index in [2.05, 4.69) is 54.0 Å². The van der Waals surface area contributed by atoms with Crippen molar-refractivity contribution in [3.8, 4) is 0 Å². The van der Waals surface area contributed by atoms with Crippen LogP contribution in [0, 0.1) is 6.92 Å². The first-order valence-corrected chi connectivity index (χ1v) is 8.09. The summed E-state index contributed by atoms with van der Waals surface area (Å²) in [6.07, 6.45) is 1.31. The maximum atomic E-state index is 3.38. The van der Waals surface area contributed by atoms with Crippen LogP contribution >= 0.6 is 11.8 Å². The Bertz CT molecular complexity index is 371. The molecule has 1 N–H and O–H groups in total. The third kappa shape index (κ3) is 3.66. The molecular formula is C15H24N2S. The molecule has 0 amide bonds. The Morgan fingerprint density at radius 2 is 2.17 bits per heavy atom. The van der Waals surface area contributed by atoms with Crippen molar-refractivity contribution in [2.45, 2.75) is 26.8 Å². The van der Waals surface area contributed by atoms with Crippen molar-refractivity contribution in [1.82, 2.24) is 5.32 Å². The Morgan fingerprint density at radius 3 is 2.94 bits per heavy atom. The van der Waals surface area contributed by atoms with Crippen LogP contribution in [-0.4, -0.2) is 31.1 Å². The van der Waals surface area contributed by atoms with Crippen LogP contribution in [0.25, 0.3) is 0 Å². The first-order chi connectivity index (χ1) is 8.81. The van der Waals surface area contributed by atoms with Gasteiger partial charge in [-0.15, -0.1) is 0 Å². The summed E-state index contributed by atoms with van der Waals surface area (Å²) >= 11 is 2.08. The summed E-state index contributed by atoms with van der Waals surface area (Å²) in [5.74, 6) is 2.58. The molecule has 0 unspecified atom stereocenters. The number of nitrogens with one attached hydrogen (secondary N) is 1. The number of aryl methyl sites for hydroxylation is 1. The molecule has 1 aromatic carbocycles. The lowest BCUT2D eigenvalue weighted by molar-refractivity contribution is 0.726. The van der Waals surface area contributed by atoms with E-state index < -0.39 is 0 Å². The molecule has 3 heteroatoms. The highest BCUT2D eigenvalue weighted by Gasteiger charge is 2.12. The van der Waals surface area contributed by atoms with E-state index in [0.29, 0.717) is 0 Å². The van der Waals surface area contributed by atoms with E-state index in [9.17, 15) is 0 Å². The standard InChI is InChI=1S/C15H24N2S/c1-3-16-12-14-5-6-15(13(2)11-14)17-7-4-9-18-10-8-17/h5-6,11,16H,3-4,7-10,12H2,1-2H3. The van der Waals surface area contributed by atoms with Gasteiger partial charge in [0.05, 0.1) is 0 Å². The number of thioether (sulfide) groups is 1. The van der Waals surface area contributed by atoms with Crippen molar-refractivity contribution in [3.63, 3.8) is 0 Å². The Morgan fingerprint density at radius 1 is 1.28 bits per heavy atom. The summed E-state index contributed by atoms with van der Waals surface area (Å²) < 4.78 is 0. The molecule has 18 heavy (non-hydrogen) atoms. The van der Waals surface area contributed by atoms with E-state index in [-0.39, 0.29) is 0 Å². The fourth-order valence-corrected chi connectivity index (χ4v) is 3.33. The number of nitrogens with zero attached hydrogens (tertiary/aromatic N) is 1. The summed E-state index contributed by atoms with van der Waals surface area (Å²) in [7, 11) is 0. The van der Waals surface area contributed by atoms with Crippen LogP contribution < -0.4 is 10.2 Å². The zero-order valence-corrected chi connectivity index (χ0v) is 12.4. The first-order valence-electron chi connectivity index (χ1n) is 6.94. The molecule has 0 saturated carbocycles. The van der Waals surface area contributed by atoms with Crippen molar-refractivity contribution in [2.24, 2.45) is 0 Å². The lowest BCUT2D eigenvalue weighted by Crippen LogP contribution is -2.26. The van der Waals surface area contributed by atoms with Crippen LogP contribution in [0.2, 0.25) is 0 Å². The second-order valence-corrected chi connectivity index (χ2v) is 6.08. The van der Waals surface area contributed by atoms with Gasteiger partial charge in [0.15, 0.2) is 0 Å². The van der Waals surface area contributed by atoms with Crippen LogP contribution in [0.5, 0.6) is 0 Å². The lowest BCUT2D eigenvalue weighted by Gasteiger charge is -2.24. The van der Waals surface area contributed by atoms with E-state index in [1.807, 2.05) is 0 Å². The number of hydrogen-bond donors (Lipinski definition) is 1. The molecular weight excluding hydrogens is 240 g/mol. The van der Waals surface area contributed by atoms with Crippen LogP contribution in [-0.2, 0) is 6.54 Å². The Labute approximate surface area is 115 Å². The van der Waals surface area contributed by atoms with Gasteiger partial charge < -0.3 is 10.2 Å². The third-order valence-electron chi connectivity index (χ3n) is 3.40. The van der Waals surface area contributed by atoms with Crippen molar-refractivity contribution < 1.29 is 0 Å². The Balaban J connectivity index is 2.08. The monoisotopic (exact) mass is 264 g/mol. The fourth-order valence-electron chi connectivity index (χ4n) is 2.44. The van der Waals surface area contributed by atoms with Crippen LogP contribution in [0.3, 0.4) is 0 Å². The minimum absolute atomic E-state index is 0.980. The molecule has 0 radical (unpaired) electrons. The largest absolute Gasteiger partial charge is 0.370 e. The second kappa shape index (κ2) is 7.05. The average molecular weight is 264 g/mol. The van der Waals surface area contributed by atoms with Gasteiger partial charge >= 0.3 is 0 Å². The zero-order chi connectivity index (χ0) is 12.8. The molecule has 1 aliphatic heterocycles. The molecule has 0 aliphatic carbocycles. The minimum atomic E-state index is 0.980. The van der Waals surface area contributed by atoms with Gasteiger partial charge in [-0.25, -0.2) is 0 Å². The van der Waals surface area contributed by atoms with Gasteiger partial charge in [0, 0.05) is 31.1 Å². The molecule has 1 fully saturated rings. The zero-order valence-electron chi connectivity index (χ0n) is 11.5. The van der Waals surface area contributed by atoms with Crippen molar-refractivity contribution in [1.29, 1.82) is 0 Å². The predicted molar refractivity (Wildman–Crippen MR) is 82.7 cm³/mol. The van der Waals surface area contributed by atoms with Gasteiger partial charge in [-0.05, 0) is 42.8 Å². The van der Waals surface area contributed by atoms with Gasteiger partial charge in [0.25, 0.3) is 0 Å². The van der Waals surface area contributed by atoms with Crippen LogP contribution in [0.1, 0.15) is 24.5 Å². The first kappa shape index (κ1) is 13.8. The average Bonchev–Trinajstić information content (AvgIpc) is 2.65. The number of benzene rings is 1. The molecule has 1 heterocycles. The topological polar surface area (TPSA) is 15.3 Å². The summed E-state index contributed by atoms with van der Waals surface area (Å²) in [4.78, 5) is 2.55. The molecule has 0 spiro atoms. The van der Waals surface area contributed by atoms with Crippen molar-refractivity contribution in [3.05, 3.63) is 29.3 Å². The fraction of sp³-hybridized carbons (Fsp3) is 0.600. The predicted octanol–water partition coefficient (Wildman–Crippen LogP) is 3.05. The van der Waals surface area contributed by atoms with Crippen molar-refractivity contribution >= 4 is 17.4 Å². The van der Waals surface area contributed by atoms with Gasteiger partial charge in [-0.3, -0.25) is 0 Å². The summed E-state index contributed by atoms with van der Waals surface area (Å²) in [6, 6.07) is 6.90. The Kier molecular flexibility index (Phi) is 5.39. The molecule has 2 nitrogen and oxygen atoms in total. The SMILES string of the molecule is CCNCc1ccc(N2CCCSCC2)c(C)c1. The molecule has 0 atom stereocenters. The van der Waals surface area contributed by atoms with E-state index in [1.54, 1.807) is 0 Å². The third-order valence-corrected chi connectivity index (χ3v) is 4.45. The van der Waals surface area contributed by atoms with Crippen molar-refractivity contribution in [2.75, 3.05) is 36.0 Å². The molecule has 1 aromatic rings. The van der Waals surface area contributed by atoms with E-state index in [0.717, 1.165) is 13.1 Å². The van der Waals surface area contributed by atoms with E-state index in [1.165, 1.54) is 47.8 Å². The van der Waals surface area contributed by atoms with E-state index in [4.69, 9.17) is 0 Å². The van der Waals surface area contributed by atoms with Gasteiger partial charge in [0.1, 0.15) is 0 Å². The second-order valence-electron chi connectivity index (χ2n) is 4.85. The van der Waals surface area contributed by atoms with Gasteiger partial charge in [-0.2, -0.15) is 11.8 Å². The lowest BCUT2D eigenvalue weighted by atomic mass is 10.1. The molecule has 1 saturated heterocycles. The molecule has 100 valence electrons. The highest BCUT2D eigenvalue weighted by molar-refractivity contribution is 7.99. The van der Waals surface area contributed by atoms with Crippen LogP contribution in [0.4, 0.5) is 5.69 Å². The maximum absolute atomic E-state index is 3.38. The summed E-state index contributed by atoms with van der Waals surface area (Å²) in [6.45, 7) is 8.80. The summed E-state index contributed by atoms with van der Waals surface area (Å²) in [5, 5.41) is 3.38. The van der Waals surface area contributed by atoms with Gasteiger partial charge in [0.2, 0.25) is 0 Å². The normalized spacial score (nSPS) is 16.7. The quantitative estimate of drug-likeness (QED) is 0.900. The minimum Gasteiger partial charge on any atom is -0.370 e. The summed E-state index contributed by atoms with van der Waals surface area (Å²) in [5.41, 5.74) is 4.23. The van der Waals surface area contributed by atoms with E-state index >= 15 is 0 Å². The Hall–Kier alpha value is -0.670. The highest BCUT2D eigenvalue weighted by Crippen LogP contribution is 2.24. The molecule has 2 rings (SSSR count). The number of rotatable bonds is 4. The number of hydrogen-bond acceptors (Lipinski definition) is 3. The highest BCUT2D eigenvalue weighted by atomic mass is 32.2. The van der Waals surface area contributed by atoms with Gasteiger partial charge in [-0.1, -0.05) is 19.1 Å². The maximum Gasteiger partial charge on any atom is 0.0396 e. The smallest absolute Gasteiger partial charge is 0.0396 e. The molecule has 0 bridgehead atoms. The van der Waals surface area contributed by atoms with Crippen LogP contribution in [0.15, 0.2) is 18.2 Å². The molecule has 1 aliphatic rings. The molecule has 0 aromatic heterocycles. The number of anilines is 1.